The Morgan fingerprint density at radius 3 is 2.80 bits per heavy atom. The number of aromatic nitrogens is 1. The number of hydrogen-bond donors (Lipinski definition) is 1. The Labute approximate surface area is 117 Å². The molecule has 0 aliphatic heterocycles. The zero-order valence-corrected chi connectivity index (χ0v) is 11.2. The summed E-state index contributed by atoms with van der Waals surface area (Å²) in [4.78, 5) is 12.0. The summed E-state index contributed by atoms with van der Waals surface area (Å²) in [7, 11) is 0. The van der Waals surface area contributed by atoms with Crippen molar-refractivity contribution in [2.45, 2.75) is 19.9 Å². The first-order chi connectivity index (χ1) is 9.69. The van der Waals surface area contributed by atoms with Crippen LogP contribution in [0.5, 0.6) is 0 Å². The Morgan fingerprint density at radius 1 is 1.45 bits per heavy atom. The topological polar surface area (TPSA) is 78.9 Å². The molecule has 0 saturated carbocycles. The summed E-state index contributed by atoms with van der Waals surface area (Å²) in [5, 5.41) is 15.6. The average molecular weight is 269 g/mol. The van der Waals surface area contributed by atoms with E-state index in [0.717, 1.165) is 5.56 Å². The van der Waals surface area contributed by atoms with Crippen LogP contribution in [0.4, 0.5) is 0 Å². The average Bonchev–Trinajstić information content (AvgIpc) is 2.89. The number of nitrogens with one attached hydrogen (secondary N) is 1. The van der Waals surface area contributed by atoms with E-state index >= 15 is 0 Å². The quantitative estimate of drug-likeness (QED) is 0.900. The molecule has 1 heterocycles. The fourth-order valence-corrected chi connectivity index (χ4v) is 1.85. The summed E-state index contributed by atoms with van der Waals surface area (Å²) < 4.78 is 4.91. The Bertz CT molecular complexity index is 614. The number of hydrogen-bond acceptors (Lipinski definition) is 4. The molecule has 2 rings (SSSR count). The molecule has 1 amide bonds. The van der Waals surface area contributed by atoms with E-state index in [-0.39, 0.29) is 12.5 Å². The van der Waals surface area contributed by atoms with Gasteiger partial charge in [0.15, 0.2) is 0 Å². The molecule has 1 unspecified atom stereocenters. The van der Waals surface area contributed by atoms with Crippen LogP contribution >= 0.6 is 0 Å². The number of carbonyl (C=O) groups excluding carboxylic acids is 1. The molecule has 0 saturated heterocycles. The maximum atomic E-state index is 12.0. The van der Waals surface area contributed by atoms with Crippen LogP contribution in [0.15, 0.2) is 40.9 Å². The number of amides is 1. The number of nitrogens with zero attached hydrogens (tertiary/aromatic N) is 2. The van der Waals surface area contributed by atoms with Crippen molar-refractivity contribution in [1.82, 2.24) is 10.5 Å². The molecule has 2 aromatic rings. The van der Waals surface area contributed by atoms with Crippen molar-refractivity contribution in [2.24, 2.45) is 5.92 Å². The van der Waals surface area contributed by atoms with Crippen molar-refractivity contribution in [3.63, 3.8) is 0 Å². The third-order valence-electron chi connectivity index (χ3n) is 2.88. The maximum absolute atomic E-state index is 12.0. The lowest BCUT2D eigenvalue weighted by atomic mass is 10.00. The largest absolute Gasteiger partial charge is 0.361 e. The van der Waals surface area contributed by atoms with Gasteiger partial charge in [-0.05, 0) is 18.9 Å². The molecular weight excluding hydrogens is 254 g/mol. The molecule has 0 aliphatic rings. The summed E-state index contributed by atoms with van der Waals surface area (Å²) in [6, 6.07) is 13.3. The number of rotatable bonds is 5. The minimum Gasteiger partial charge on any atom is -0.361 e. The number of carbonyl (C=O) groups is 1. The lowest BCUT2D eigenvalue weighted by Gasteiger charge is -2.09. The second kappa shape index (κ2) is 6.53. The van der Waals surface area contributed by atoms with Crippen LogP contribution in [0, 0.1) is 24.2 Å². The lowest BCUT2D eigenvalue weighted by molar-refractivity contribution is -0.123. The van der Waals surface area contributed by atoms with Gasteiger partial charge in [0.05, 0.1) is 12.6 Å². The summed E-state index contributed by atoms with van der Waals surface area (Å²) in [5.74, 6) is -0.308. The summed E-state index contributed by atoms with van der Waals surface area (Å²) >= 11 is 0. The number of benzene rings is 1. The second-order valence-corrected chi connectivity index (χ2v) is 4.52. The molecule has 1 aromatic carbocycles. The van der Waals surface area contributed by atoms with Gasteiger partial charge in [-0.2, -0.15) is 5.26 Å². The van der Waals surface area contributed by atoms with Crippen LogP contribution < -0.4 is 5.32 Å². The standard InChI is InChI=1S/C15H15N3O2/c1-11-7-14(18-20-11)10-17-15(19)13(9-16)8-12-5-3-2-4-6-12/h2-7,13H,8,10H2,1H3,(H,17,19). The molecule has 1 aromatic heterocycles. The van der Waals surface area contributed by atoms with Crippen molar-refractivity contribution in [1.29, 1.82) is 5.26 Å². The van der Waals surface area contributed by atoms with Crippen molar-refractivity contribution in [3.8, 4) is 6.07 Å². The van der Waals surface area contributed by atoms with Gasteiger partial charge in [0, 0.05) is 6.07 Å². The maximum Gasteiger partial charge on any atom is 0.238 e. The SMILES string of the molecule is Cc1cc(CNC(=O)C(C#N)Cc2ccccc2)no1. The van der Waals surface area contributed by atoms with E-state index in [1.54, 1.807) is 13.0 Å². The molecule has 1 atom stereocenters. The van der Waals surface area contributed by atoms with E-state index in [2.05, 4.69) is 10.5 Å². The molecule has 0 fully saturated rings. The number of nitriles is 1. The van der Waals surface area contributed by atoms with Gasteiger partial charge >= 0.3 is 0 Å². The van der Waals surface area contributed by atoms with Crippen molar-refractivity contribution in [2.75, 3.05) is 0 Å². The first kappa shape index (κ1) is 13.8. The normalized spacial score (nSPS) is 11.6. The van der Waals surface area contributed by atoms with Gasteiger partial charge in [-0.3, -0.25) is 4.79 Å². The highest BCUT2D eigenvalue weighted by atomic mass is 16.5. The van der Waals surface area contributed by atoms with Crippen LogP contribution in [-0.2, 0) is 17.8 Å². The monoisotopic (exact) mass is 269 g/mol. The number of aryl methyl sites for hydroxylation is 1. The van der Waals surface area contributed by atoms with Crippen LogP contribution in [0.3, 0.4) is 0 Å². The summed E-state index contributed by atoms with van der Waals surface area (Å²) in [6.45, 7) is 2.05. The highest BCUT2D eigenvalue weighted by Gasteiger charge is 2.18. The van der Waals surface area contributed by atoms with Gasteiger partial charge < -0.3 is 9.84 Å². The molecule has 0 spiro atoms. The summed E-state index contributed by atoms with van der Waals surface area (Å²) in [6.07, 6.45) is 0.404. The Balaban J connectivity index is 1.91. The summed E-state index contributed by atoms with van der Waals surface area (Å²) in [5.41, 5.74) is 1.61. The predicted molar refractivity (Wildman–Crippen MR) is 72.3 cm³/mol. The molecule has 5 nitrogen and oxygen atoms in total. The molecule has 0 radical (unpaired) electrons. The van der Waals surface area contributed by atoms with Gasteiger partial charge in [0.2, 0.25) is 5.91 Å². The Morgan fingerprint density at radius 2 is 2.20 bits per heavy atom. The van der Waals surface area contributed by atoms with E-state index < -0.39 is 5.92 Å². The van der Waals surface area contributed by atoms with Crippen LogP contribution in [0.2, 0.25) is 0 Å². The van der Waals surface area contributed by atoms with Crippen LogP contribution in [0.1, 0.15) is 17.0 Å². The fraction of sp³-hybridized carbons (Fsp3) is 0.267. The first-order valence-corrected chi connectivity index (χ1v) is 6.32. The molecule has 0 aliphatic carbocycles. The fourth-order valence-electron chi connectivity index (χ4n) is 1.85. The van der Waals surface area contributed by atoms with Crippen molar-refractivity contribution >= 4 is 5.91 Å². The van der Waals surface area contributed by atoms with E-state index in [9.17, 15) is 4.79 Å². The second-order valence-electron chi connectivity index (χ2n) is 4.52. The Kier molecular flexibility index (Phi) is 4.51. The van der Waals surface area contributed by atoms with Gasteiger partial charge in [-0.1, -0.05) is 35.5 Å². The van der Waals surface area contributed by atoms with Crippen molar-refractivity contribution in [3.05, 3.63) is 53.4 Å². The van der Waals surface area contributed by atoms with E-state index in [4.69, 9.17) is 9.78 Å². The third-order valence-corrected chi connectivity index (χ3v) is 2.88. The molecule has 20 heavy (non-hydrogen) atoms. The zero-order valence-electron chi connectivity index (χ0n) is 11.2. The van der Waals surface area contributed by atoms with E-state index in [0.29, 0.717) is 17.9 Å². The van der Waals surface area contributed by atoms with E-state index in [1.807, 2.05) is 36.4 Å². The zero-order chi connectivity index (χ0) is 14.4. The van der Waals surface area contributed by atoms with E-state index in [1.165, 1.54) is 0 Å². The minimum atomic E-state index is -0.703. The van der Waals surface area contributed by atoms with Gasteiger partial charge in [-0.25, -0.2) is 0 Å². The van der Waals surface area contributed by atoms with Gasteiger partial charge in [0.1, 0.15) is 17.4 Å². The molecular formula is C15H15N3O2. The highest BCUT2D eigenvalue weighted by molar-refractivity contribution is 5.81. The molecule has 1 N–H and O–H groups in total. The smallest absolute Gasteiger partial charge is 0.238 e. The lowest BCUT2D eigenvalue weighted by Crippen LogP contribution is -2.30. The van der Waals surface area contributed by atoms with Crippen LogP contribution in [0.25, 0.3) is 0 Å². The first-order valence-electron chi connectivity index (χ1n) is 6.32. The minimum absolute atomic E-state index is 0.267. The van der Waals surface area contributed by atoms with Gasteiger partial charge in [-0.15, -0.1) is 0 Å². The van der Waals surface area contributed by atoms with Crippen molar-refractivity contribution < 1.29 is 9.32 Å². The Hall–Kier alpha value is -2.61. The third kappa shape index (κ3) is 3.69. The highest BCUT2D eigenvalue weighted by Crippen LogP contribution is 2.09. The molecule has 5 heteroatoms. The molecule has 102 valence electrons. The van der Waals surface area contributed by atoms with Crippen LogP contribution in [-0.4, -0.2) is 11.1 Å². The predicted octanol–water partition coefficient (Wildman–Crippen LogP) is 1.98. The van der Waals surface area contributed by atoms with Gasteiger partial charge in [0.25, 0.3) is 0 Å². The molecule has 0 bridgehead atoms.